The Kier molecular flexibility index (Phi) is 5.32. The van der Waals surface area contributed by atoms with Crippen LogP contribution in [0.4, 0.5) is 0 Å². The maximum Gasteiger partial charge on any atom is 0.123 e. The third-order valence-corrected chi connectivity index (χ3v) is 5.62. The lowest BCUT2D eigenvalue weighted by molar-refractivity contribution is 0.410. The molecular formula is C16H15Br3O. The Morgan fingerprint density at radius 3 is 2.25 bits per heavy atom. The normalized spacial score (nSPS) is 12.3. The van der Waals surface area contributed by atoms with Crippen LogP contribution in [0.1, 0.15) is 27.1 Å². The molecule has 0 aliphatic rings. The number of methoxy groups -OCH3 is 1. The lowest BCUT2D eigenvalue weighted by Crippen LogP contribution is -2.00. The zero-order chi connectivity index (χ0) is 14.9. The topological polar surface area (TPSA) is 9.23 Å². The number of aryl methyl sites for hydroxylation is 2. The molecule has 2 rings (SSSR count). The number of hydrogen-bond acceptors (Lipinski definition) is 1. The quantitative estimate of drug-likeness (QED) is 0.485. The summed E-state index contributed by atoms with van der Waals surface area (Å²) in [6.07, 6.45) is 0. The fourth-order valence-electron chi connectivity index (χ4n) is 2.14. The first kappa shape index (κ1) is 16.1. The number of ether oxygens (including phenoxy) is 1. The molecule has 2 aromatic rings. The molecule has 1 atom stereocenters. The molecule has 0 amide bonds. The zero-order valence-corrected chi connectivity index (χ0v) is 16.3. The van der Waals surface area contributed by atoms with Crippen molar-refractivity contribution in [2.45, 2.75) is 18.7 Å². The Bertz CT molecular complexity index is 638. The van der Waals surface area contributed by atoms with E-state index in [0.717, 1.165) is 25.8 Å². The molecule has 0 saturated carbocycles. The van der Waals surface area contributed by atoms with Gasteiger partial charge in [0.25, 0.3) is 0 Å². The van der Waals surface area contributed by atoms with E-state index in [1.165, 1.54) is 11.1 Å². The molecule has 20 heavy (non-hydrogen) atoms. The highest BCUT2D eigenvalue weighted by Crippen LogP contribution is 2.40. The SMILES string of the molecule is COc1cc(C)c(Br)cc1C(Br)c1ccc(Br)cc1C. The summed E-state index contributed by atoms with van der Waals surface area (Å²) < 4.78 is 7.71. The Morgan fingerprint density at radius 2 is 1.65 bits per heavy atom. The van der Waals surface area contributed by atoms with Crippen molar-refractivity contribution in [1.82, 2.24) is 0 Å². The molecule has 0 saturated heterocycles. The summed E-state index contributed by atoms with van der Waals surface area (Å²) in [5.74, 6) is 0.898. The van der Waals surface area contributed by atoms with Gasteiger partial charge in [0.1, 0.15) is 5.75 Å². The summed E-state index contributed by atoms with van der Waals surface area (Å²) >= 11 is 10.9. The number of rotatable bonds is 3. The van der Waals surface area contributed by atoms with Crippen LogP contribution in [-0.2, 0) is 0 Å². The van der Waals surface area contributed by atoms with Gasteiger partial charge in [-0.3, -0.25) is 0 Å². The van der Waals surface area contributed by atoms with Crippen molar-refractivity contribution in [2.24, 2.45) is 0 Å². The number of alkyl halides is 1. The fourth-order valence-corrected chi connectivity index (χ4v) is 3.84. The minimum absolute atomic E-state index is 0.0995. The molecule has 1 nitrogen and oxygen atoms in total. The summed E-state index contributed by atoms with van der Waals surface area (Å²) in [6.45, 7) is 4.18. The van der Waals surface area contributed by atoms with Crippen molar-refractivity contribution in [2.75, 3.05) is 7.11 Å². The van der Waals surface area contributed by atoms with E-state index in [1.807, 2.05) is 0 Å². The number of halogens is 3. The highest BCUT2D eigenvalue weighted by molar-refractivity contribution is 9.11. The highest BCUT2D eigenvalue weighted by Gasteiger charge is 2.18. The van der Waals surface area contributed by atoms with Crippen LogP contribution in [0.2, 0.25) is 0 Å². The van der Waals surface area contributed by atoms with Crippen LogP contribution in [0.3, 0.4) is 0 Å². The van der Waals surface area contributed by atoms with Crippen molar-refractivity contribution in [1.29, 1.82) is 0 Å². The molecule has 0 aromatic heterocycles. The Labute approximate surface area is 145 Å². The van der Waals surface area contributed by atoms with Crippen LogP contribution in [0, 0.1) is 13.8 Å². The molecule has 0 radical (unpaired) electrons. The fraction of sp³-hybridized carbons (Fsp3) is 0.250. The van der Waals surface area contributed by atoms with Crippen LogP contribution < -0.4 is 4.74 Å². The van der Waals surface area contributed by atoms with Gasteiger partial charge in [0, 0.05) is 14.5 Å². The molecule has 1 unspecified atom stereocenters. The Hall–Kier alpha value is -0.320. The van der Waals surface area contributed by atoms with Crippen molar-refractivity contribution in [3.05, 3.63) is 61.5 Å². The first-order valence-corrected chi connectivity index (χ1v) is 8.68. The van der Waals surface area contributed by atoms with Crippen molar-refractivity contribution in [3.8, 4) is 5.75 Å². The minimum Gasteiger partial charge on any atom is -0.496 e. The van der Waals surface area contributed by atoms with E-state index in [4.69, 9.17) is 4.74 Å². The second-order valence-corrected chi connectivity index (χ2v) is 7.39. The molecular weight excluding hydrogens is 448 g/mol. The van der Waals surface area contributed by atoms with Crippen LogP contribution >= 0.6 is 47.8 Å². The van der Waals surface area contributed by atoms with E-state index in [1.54, 1.807) is 7.11 Å². The van der Waals surface area contributed by atoms with Gasteiger partial charge < -0.3 is 4.74 Å². The van der Waals surface area contributed by atoms with Gasteiger partial charge in [-0.2, -0.15) is 0 Å². The molecule has 0 spiro atoms. The standard InChI is InChI=1S/C16H15Br3O/c1-9-6-11(17)4-5-12(9)16(19)13-8-14(18)10(2)7-15(13)20-3/h4-8,16H,1-3H3. The van der Waals surface area contributed by atoms with Gasteiger partial charge in [-0.25, -0.2) is 0 Å². The van der Waals surface area contributed by atoms with Gasteiger partial charge in [0.2, 0.25) is 0 Å². The summed E-state index contributed by atoms with van der Waals surface area (Å²) in [5, 5.41) is 0. The monoisotopic (exact) mass is 460 g/mol. The van der Waals surface area contributed by atoms with Crippen molar-refractivity contribution in [3.63, 3.8) is 0 Å². The van der Waals surface area contributed by atoms with E-state index >= 15 is 0 Å². The number of hydrogen-bond donors (Lipinski definition) is 0. The first-order chi connectivity index (χ1) is 9.43. The van der Waals surface area contributed by atoms with E-state index in [-0.39, 0.29) is 4.83 Å². The molecule has 0 fully saturated rings. The van der Waals surface area contributed by atoms with Gasteiger partial charge >= 0.3 is 0 Å². The molecule has 2 aromatic carbocycles. The molecule has 0 N–H and O–H groups in total. The van der Waals surface area contributed by atoms with Crippen LogP contribution in [0.25, 0.3) is 0 Å². The number of benzene rings is 2. The van der Waals surface area contributed by atoms with E-state index in [9.17, 15) is 0 Å². The lowest BCUT2D eigenvalue weighted by Gasteiger charge is -2.18. The zero-order valence-electron chi connectivity index (χ0n) is 11.5. The minimum atomic E-state index is 0.0995. The molecule has 106 valence electrons. The molecule has 0 aliphatic carbocycles. The van der Waals surface area contributed by atoms with Crippen molar-refractivity contribution < 1.29 is 4.74 Å². The maximum absolute atomic E-state index is 5.53. The molecule has 4 heteroatoms. The van der Waals surface area contributed by atoms with Gasteiger partial charge in [0.05, 0.1) is 11.9 Å². The van der Waals surface area contributed by atoms with E-state index < -0.39 is 0 Å². The Balaban J connectivity index is 2.52. The predicted molar refractivity (Wildman–Crippen MR) is 95.1 cm³/mol. The van der Waals surface area contributed by atoms with Gasteiger partial charge in [-0.05, 0) is 54.8 Å². The van der Waals surface area contributed by atoms with Gasteiger partial charge in [-0.15, -0.1) is 0 Å². The van der Waals surface area contributed by atoms with Crippen molar-refractivity contribution >= 4 is 47.8 Å². The van der Waals surface area contributed by atoms with Crippen LogP contribution in [-0.4, -0.2) is 7.11 Å². The summed E-state index contributed by atoms with van der Waals surface area (Å²) in [7, 11) is 1.71. The molecule has 0 aliphatic heterocycles. The average Bonchev–Trinajstić information content (AvgIpc) is 2.40. The maximum atomic E-state index is 5.53. The first-order valence-electron chi connectivity index (χ1n) is 6.18. The third kappa shape index (κ3) is 3.29. The summed E-state index contributed by atoms with van der Waals surface area (Å²) in [4.78, 5) is 0.0995. The smallest absolute Gasteiger partial charge is 0.123 e. The summed E-state index contributed by atoms with van der Waals surface area (Å²) in [5.41, 5.74) is 4.76. The predicted octanol–water partition coefficient (Wildman–Crippen LogP) is 6.32. The second kappa shape index (κ2) is 6.63. The van der Waals surface area contributed by atoms with Gasteiger partial charge in [-0.1, -0.05) is 53.9 Å². The van der Waals surface area contributed by atoms with E-state index in [0.29, 0.717) is 0 Å². The van der Waals surface area contributed by atoms with Crippen LogP contribution in [0.15, 0.2) is 39.3 Å². The van der Waals surface area contributed by atoms with Crippen LogP contribution in [0.5, 0.6) is 5.75 Å². The highest BCUT2D eigenvalue weighted by atomic mass is 79.9. The van der Waals surface area contributed by atoms with Gasteiger partial charge in [0.15, 0.2) is 0 Å². The average molecular weight is 463 g/mol. The molecule has 0 bridgehead atoms. The largest absolute Gasteiger partial charge is 0.496 e. The lowest BCUT2D eigenvalue weighted by atomic mass is 9.99. The summed E-state index contributed by atoms with van der Waals surface area (Å²) in [6, 6.07) is 10.5. The third-order valence-electron chi connectivity index (χ3n) is 3.29. The Morgan fingerprint density at radius 1 is 0.950 bits per heavy atom. The van der Waals surface area contributed by atoms with E-state index in [2.05, 4.69) is 92.0 Å². The molecule has 0 heterocycles. The second-order valence-electron chi connectivity index (χ2n) is 4.71.